The van der Waals surface area contributed by atoms with E-state index in [9.17, 15) is 9.46 Å². The van der Waals surface area contributed by atoms with Crippen LogP contribution in [0.3, 0.4) is 0 Å². The standard InChI is InChI=1S/C20H22O3P.2ClH.Ti/c1-12-9-19-14(3)13(2)15(4)20(12,19)23-24(21,22)18-10-16-7-5-6-8-17(16)11-18;;;/h5-8,10-12H,9H2,1-4H3,(H,21,22);2*1H;/q;;;+2/p-2. The van der Waals surface area contributed by atoms with Gasteiger partial charge >= 0.3 is 161 Å². The second-order valence-electron chi connectivity index (χ2n) is 7.44. The average molecular weight is 460 g/mol. The molecule has 1 aromatic carbocycles. The summed E-state index contributed by atoms with van der Waals surface area (Å²) in [4.78, 5) is 11.0. The van der Waals surface area contributed by atoms with Gasteiger partial charge in [0.1, 0.15) is 0 Å². The van der Waals surface area contributed by atoms with E-state index >= 15 is 0 Å². The number of allylic oxidation sites excluding steroid dienone is 3. The summed E-state index contributed by atoms with van der Waals surface area (Å²) in [5.74, 6) is 0.218. The Bertz CT molecular complexity index is 917. The van der Waals surface area contributed by atoms with Crippen molar-refractivity contribution in [1.82, 2.24) is 0 Å². The van der Waals surface area contributed by atoms with Gasteiger partial charge < -0.3 is 24.8 Å². The number of rotatable bonds is 3. The van der Waals surface area contributed by atoms with Crippen molar-refractivity contribution >= 4 is 13.7 Å². The molecule has 3 nitrogen and oxygen atoms in total. The van der Waals surface area contributed by atoms with Gasteiger partial charge in [-0.25, -0.2) is 0 Å². The Labute approximate surface area is 185 Å². The molecule has 0 saturated heterocycles. The molecule has 3 aliphatic carbocycles. The van der Waals surface area contributed by atoms with Crippen LogP contribution in [0.15, 0.2) is 51.9 Å². The Morgan fingerprint density at radius 2 is 1.81 bits per heavy atom. The third-order valence-corrected chi connectivity index (χ3v) is 9.21. The van der Waals surface area contributed by atoms with Gasteiger partial charge in [0.2, 0.25) is 0 Å². The quantitative estimate of drug-likeness (QED) is 0.479. The molecule has 27 heavy (non-hydrogen) atoms. The fraction of sp³-hybridized carbons (Fsp3) is 0.400. The smallest absolute Gasteiger partial charge is 1.00 e. The van der Waals surface area contributed by atoms with Crippen molar-refractivity contribution in [2.24, 2.45) is 5.92 Å². The molecule has 4 rings (SSSR count). The van der Waals surface area contributed by atoms with Crippen LogP contribution in [0.5, 0.6) is 0 Å². The summed E-state index contributed by atoms with van der Waals surface area (Å²) in [6, 6.07) is 7.94. The van der Waals surface area contributed by atoms with Crippen LogP contribution in [-0.4, -0.2) is 10.5 Å². The molecule has 1 saturated carbocycles. The fourth-order valence-corrected chi connectivity index (χ4v) is 7.59. The molecule has 143 valence electrons. The predicted octanol–water partition coefficient (Wildman–Crippen LogP) is -0.716. The number of hydrogen-bond donors (Lipinski definition) is 1. The van der Waals surface area contributed by atoms with Gasteiger partial charge in [-0.05, 0) is 0 Å². The Morgan fingerprint density at radius 1 is 1.19 bits per heavy atom. The summed E-state index contributed by atoms with van der Waals surface area (Å²) in [5.41, 5.74) is 6.14. The van der Waals surface area contributed by atoms with E-state index in [0.29, 0.717) is 5.31 Å². The SMILES string of the molecule is CC1=C(C)C2(OP(=O)(O)C3=Cc4ccccc4[CH]3[Ti+2])C(=C1C)CC2C.[Cl-].[Cl-]. The predicted molar refractivity (Wildman–Crippen MR) is 95.7 cm³/mol. The molecular formula is C20H22Cl2O3PTi. The fourth-order valence-electron chi connectivity index (χ4n) is 4.59. The average Bonchev–Trinajstić information content (AvgIpc) is 2.99. The molecule has 1 N–H and O–H groups in total. The van der Waals surface area contributed by atoms with Crippen LogP contribution < -0.4 is 24.8 Å². The van der Waals surface area contributed by atoms with Crippen LogP contribution in [0.25, 0.3) is 6.08 Å². The molecule has 0 aromatic heterocycles. The summed E-state index contributed by atoms with van der Waals surface area (Å²) in [7, 11) is -3.91. The van der Waals surface area contributed by atoms with Crippen molar-refractivity contribution in [2.75, 3.05) is 0 Å². The first-order chi connectivity index (χ1) is 11.7. The summed E-state index contributed by atoms with van der Waals surface area (Å²) in [6.45, 7) is 8.34. The molecule has 0 amide bonds. The van der Waals surface area contributed by atoms with Crippen molar-refractivity contribution in [1.29, 1.82) is 0 Å². The topological polar surface area (TPSA) is 46.5 Å². The maximum absolute atomic E-state index is 13.4. The first-order valence-electron chi connectivity index (χ1n) is 8.64. The van der Waals surface area contributed by atoms with E-state index in [2.05, 4.69) is 20.8 Å². The minimum absolute atomic E-state index is 0. The molecule has 0 heterocycles. The Kier molecular flexibility index (Phi) is 6.53. The van der Waals surface area contributed by atoms with Crippen LogP contribution in [0.1, 0.15) is 49.5 Å². The maximum atomic E-state index is 13.4. The molecule has 0 spiro atoms. The van der Waals surface area contributed by atoms with Crippen molar-refractivity contribution in [3.8, 4) is 0 Å². The van der Waals surface area contributed by atoms with Crippen LogP contribution in [0, 0.1) is 5.92 Å². The summed E-state index contributed by atoms with van der Waals surface area (Å²) in [5, 5.41) is 0.511. The summed E-state index contributed by atoms with van der Waals surface area (Å²) >= 11 is 1.98. The molecular weight excluding hydrogens is 438 g/mol. The van der Waals surface area contributed by atoms with E-state index < -0.39 is 13.2 Å². The summed E-state index contributed by atoms with van der Waals surface area (Å²) in [6.07, 6.45) is 2.78. The normalized spacial score (nSPS) is 30.6. The van der Waals surface area contributed by atoms with Crippen LogP contribution >= 0.6 is 7.60 Å². The molecule has 0 bridgehead atoms. The monoisotopic (exact) mass is 459 g/mol. The van der Waals surface area contributed by atoms with E-state index in [1.54, 1.807) is 0 Å². The van der Waals surface area contributed by atoms with Crippen LogP contribution in [-0.2, 0) is 29.5 Å². The largest absolute Gasteiger partial charge is 1.00 e. The minimum Gasteiger partial charge on any atom is -1.00 e. The van der Waals surface area contributed by atoms with E-state index in [1.165, 1.54) is 16.7 Å². The minimum atomic E-state index is -3.91. The third-order valence-electron chi connectivity index (χ3n) is 6.29. The molecule has 1 fully saturated rings. The van der Waals surface area contributed by atoms with E-state index in [-0.39, 0.29) is 35.0 Å². The maximum Gasteiger partial charge on any atom is -1.00 e. The van der Waals surface area contributed by atoms with Gasteiger partial charge in [0.05, 0.1) is 0 Å². The van der Waals surface area contributed by atoms with E-state index in [1.807, 2.05) is 57.7 Å². The van der Waals surface area contributed by atoms with Gasteiger partial charge in [0.25, 0.3) is 0 Å². The zero-order valence-electron chi connectivity index (χ0n) is 15.7. The molecule has 3 aliphatic rings. The van der Waals surface area contributed by atoms with E-state index in [4.69, 9.17) is 4.52 Å². The van der Waals surface area contributed by atoms with Crippen molar-refractivity contribution in [2.45, 2.75) is 43.9 Å². The second-order valence-corrected chi connectivity index (χ2v) is 10.1. The van der Waals surface area contributed by atoms with Crippen molar-refractivity contribution in [3.05, 3.63) is 63.0 Å². The number of hydrogen-bond acceptors (Lipinski definition) is 2. The molecule has 7 heteroatoms. The summed E-state index contributed by atoms with van der Waals surface area (Å²) < 4.78 is 19.4. The van der Waals surface area contributed by atoms with Crippen LogP contribution in [0.2, 0.25) is 0 Å². The van der Waals surface area contributed by atoms with Gasteiger partial charge in [0.15, 0.2) is 0 Å². The molecule has 0 radical (unpaired) electrons. The van der Waals surface area contributed by atoms with Crippen molar-refractivity contribution in [3.63, 3.8) is 0 Å². The first-order valence-corrected chi connectivity index (χ1v) is 11.1. The Balaban J connectivity index is 0.00000131. The van der Waals surface area contributed by atoms with Gasteiger partial charge in [-0.1, -0.05) is 0 Å². The third kappa shape index (κ3) is 3.11. The zero-order valence-corrected chi connectivity index (χ0v) is 19.7. The number of fused-ring (bicyclic) bond motifs is 2. The molecule has 0 aliphatic heterocycles. The van der Waals surface area contributed by atoms with Gasteiger partial charge in [-0.3, -0.25) is 0 Å². The number of benzene rings is 1. The van der Waals surface area contributed by atoms with Crippen LogP contribution in [0.4, 0.5) is 0 Å². The first kappa shape index (κ1) is 23.2. The van der Waals surface area contributed by atoms with Crippen molar-refractivity contribution < 1.29 is 59.2 Å². The number of halogens is 2. The second kappa shape index (κ2) is 7.61. The Hall–Kier alpha value is -0.116. The van der Waals surface area contributed by atoms with Gasteiger partial charge in [-0.2, -0.15) is 0 Å². The van der Waals surface area contributed by atoms with E-state index in [0.717, 1.165) is 23.1 Å². The molecule has 1 aromatic rings. The van der Waals surface area contributed by atoms with Gasteiger partial charge in [-0.15, -0.1) is 0 Å². The zero-order chi connectivity index (χ0) is 18.1. The Morgan fingerprint density at radius 3 is 2.37 bits per heavy atom. The molecule has 4 atom stereocenters. The molecule has 4 unspecified atom stereocenters. The van der Waals surface area contributed by atoms with Gasteiger partial charge in [0, 0.05) is 0 Å².